The second-order valence-corrected chi connectivity index (χ2v) is 5.12. The van der Waals surface area contributed by atoms with Crippen LogP contribution in [-0.2, 0) is 11.2 Å². The van der Waals surface area contributed by atoms with Crippen molar-refractivity contribution in [1.29, 1.82) is 0 Å². The Morgan fingerprint density at radius 3 is 3.06 bits per heavy atom. The summed E-state index contributed by atoms with van der Waals surface area (Å²) in [6.45, 7) is 2.94. The molecule has 1 aromatic heterocycles. The maximum Gasteiger partial charge on any atom is 0.0590 e. The summed E-state index contributed by atoms with van der Waals surface area (Å²) in [6.07, 6.45) is 6.37. The van der Waals surface area contributed by atoms with Gasteiger partial charge in [0.2, 0.25) is 0 Å². The van der Waals surface area contributed by atoms with E-state index in [-0.39, 0.29) is 5.38 Å². The molecule has 2 nitrogen and oxygen atoms in total. The number of hydrogen-bond donors (Lipinski definition) is 0. The number of ether oxygens (including phenoxy) is 1. The Bertz CT molecular complexity index is 319. The fourth-order valence-electron chi connectivity index (χ4n) is 2.04. The SMILES string of the molecule is Cc1ccc(CC(Cl)CC2CCCO2)nc1. The van der Waals surface area contributed by atoms with Gasteiger partial charge in [0.15, 0.2) is 0 Å². The van der Waals surface area contributed by atoms with Gasteiger partial charge in [-0.15, -0.1) is 11.6 Å². The van der Waals surface area contributed by atoms with E-state index in [2.05, 4.69) is 17.1 Å². The molecule has 2 rings (SSSR count). The first kappa shape index (κ1) is 11.9. The lowest BCUT2D eigenvalue weighted by Crippen LogP contribution is -2.15. The van der Waals surface area contributed by atoms with Crippen LogP contribution in [0.1, 0.15) is 30.5 Å². The van der Waals surface area contributed by atoms with E-state index in [1.807, 2.05) is 13.1 Å². The second-order valence-electron chi connectivity index (χ2n) is 4.50. The lowest BCUT2D eigenvalue weighted by atomic mass is 10.1. The van der Waals surface area contributed by atoms with Gasteiger partial charge in [0.25, 0.3) is 0 Å². The Balaban J connectivity index is 1.81. The number of halogens is 1. The van der Waals surface area contributed by atoms with Crippen molar-refractivity contribution >= 4 is 11.6 Å². The molecule has 0 bridgehead atoms. The van der Waals surface area contributed by atoms with Crippen LogP contribution in [0.15, 0.2) is 18.3 Å². The minimum absolute atomic E-state index is 0.137. The molecule has 1 aromatic rings. The highest BCUT2D eigenvalue weighted by Gasteiger charge is 2.19. The zero-order chi connectivity index (χ0) is 11.4. The van der Waals surface area contributed by atoms with Gasteiger partial charge in [0.1, 0.15) is 0 Å². The quantitative estimate of drug-likeness (QED) is 0.754. The first-order valence-corrected chi connectivity index (χ1v) is 6.35. The van der Waals surface area contributed by atoms with Gasteiger partial charge in [-0.2, -0.15) is 0 Å². The Morgan fingerprint density at radius 2 is 2.44 bits per heavy atom. The molecule has 1 fully saturated rings. The van der Waals surface area contributed by atoms with Crippen LogP contribution in [0.5, 0.6) is 0 Å². The fraction of sp³-hybridized carbons (Fsp3) is 0.615. The summed E-state index contributed by atoms with van der Waals surface area (Å²) in [7, 11) is 0. The molecule has 1 aliphatic rings. The molecule has 1 aliphatic heterocycles. The van der Waals surface area contributed by atoms with Gasteiger partial charge >= 0.3 is 0 Å². The van der Waals surface area contributed by atoms with Crippen molar-refractivity contribution < 1.29 is 4.74 Å². The zero-order valence-corrected chi connectivity index (χ0v) is 10.4. The monoisotopic (exact) mass is 239 g/mol. The van der Waals surface area contributed by atoms with E-state index in [1.165, 1.54) is 12.0 Å². The van der Waals surface area contributed by atoms with E-state index in [0.717, 1.165) is 31.6 Å². The van der Waals surface area contributed by atoms with Crippen molar-refractivity contribution in [2.45, 2.75) is 44.1 Å². The maximum atomic E-state index is 6.32. The molecule has 3 heteroatoms. The first-order chi connectivity index (χ1) is 7.74. The van der Waals surface area contributed by atoms with Crippen molar-refractivity contribution in [2.75, 3.05) is 6.61 Å². The molecular formula is C13H18ClNO. The third kappa shape index (κ3) is 3.46. The fourth-order valence-corrected chi connectivity index (χ4v) is 2.40. The Hall–Kier alpha value is -0.600. The molecule has 0 aliphatic carbocycles. The zero-order valence-electron chi connectivity index (χ0n) is 9.66. The highest BCUT2D eigenvalue weighted by molar-refractivity contribution is 6.20. The Morgan fingerprint density at radius 1 is 1.56 bits per heavy atom. The van der Waals surface area contributed by atoms with E-state index in [0.29, 0.717) is 6.10 Å². The lowest BCUT2D eigenvalue weighted by molar-refractivity contribution is 0.103. The molecule has 0 amide bonds. The summed E-state index contributed by atoms with van der Waals surface area (Å²) in [5.41, 5.74) is 2.26. The van der Waals surface area contributed by atoms with Crippen molar-refractivity contribution in [3.8, 4) is 0 Å². The summed E-state index contributed by atoms with van der Waals surface area (Å²) in [6, 6.07) is 4.14. The smallest absolute Gasteiger partial charge is 0.0590 e. The number of rotatable bonds is 4. The molecule has 0 spiro atoms. The minimum Gasteiger partial charge on any atom is -0.378 e. The van der Waals surface area contributed by atoms with Crippen molar-refractivity contribution in [2.24, 2.45) is 0 Å². The molecule has 88 valence electrons. The van der Waals surface area contributed by atoms with E-state index in [9.17, 15) is 0 Å². The third-order valence-electron chi connectivity index (χ3n) is 2.95. The van der Waals surface area contributed by atoms with Gasteiger partial charge in [-0.05, 0) is 37.8 Å². The van der Waals surface area contributed by atoms with Gasteiger partial charge in [-0.3, -0.25) is 4.98 Å². The van der Waals surface area contributed by atoms with Crippen LogP contribution in [0.25, 0.3) is 0 Å². The van der Waals surface area contributed by atoms with Gasteiger partial charge in [-0.1, -0.05) is 6.07 Å². The largest absolute Gasteiger partial charge is 0.378 e. The molecule has 2 unspecified atom stereocenters. The summed E-state index contributed by atoms with van der Waals surface area (Å²) >= 11 is 6.32. The maximum absolute atomic E-state index is 6.32. The Kier molecular flexibility index (Phi) is 4.19. The second kappa shape index (κ2) is 5.65. The molecule has 0 saturated carbocycles. The molecule has 1 saturated heterocycles. The number of nitrogens with zero attached hydrogens (tertiary/aromatic N) is 1. The topological polar surface area (TPSA) is 22.1 Å². The highest BCUT2D eigenvalue weighted by atomic mass is 35.5. The van der Waals surface area contributed by atoms with Crippen LogP contribution < -0.4 is 0 Å². The predicted molar refractivity (Wildman–Crippen MR) is 65.9 cm³/mol. The number of aromatic nitrogens is 1. The molecule has 16 heavy (non-hydrogen) atoms. The lowest BCUT2D eigenvalue weighted by Gasteiger charge is -2.13. The van der Waals surface area contributed by atoms with Gasteiger partial charge < -0.3 is 4.74 Å². The predicted octanol–water partition coefficient (Wildman–Crippen LogP) is 3.11. The minimum atomic E-state index is 0.137. The number of alkyl halides is 1. The van der Waals surface area contributed by atoms with Crippen LogP contribution in [0.3, 0.4) is 0 Å². The van der Waals surface area contributed by atoms with Crippen LogP contribution in [0.4, 0.5) is 0 Å². The average molecular weight is 240 g/mol. The summed E-state index contributed by atoms with van der Waals surface area (Å²) < 4.78 is 5.58. The first-order valence-electron chi connectivity index (χ1n) is 5.91. The highest BCUT2D eigenvalue weighted by Crippen LogP contribution is 2.21. The molecule has 0 radical (unpaired) electrons. The van der Waals surface area contributed by atoms with Crippen LogP contribution in [-0.4, -0.2) is 23.1 Å². The number of aryl methyl sites for hydroxylation is 1. The molecule has 2 atom stereocenters. The van der Waals surface area contributed by atoms with Crippen LogP contribution in [0.2, 0.25) is 0 Å². The Labute approximate surface area is 102 Å². The van der Waals surface area contributed by atoms with Crippen molar-refractivity contribution in [3.63, 3.8) is 0 Å². The number of hydrogen-bond acceptors (Lipinski definition) is 2. The number of pyridine rings is 1. The summed E-state index contributed by atoms with van der Waals surface area (Å²) in [5, 5.41) is 0.137. The van der Waals surface area contributed by atoms with E-state index < -0.39 is 0 Å². The third-order valence-corrected chi connectivity index (χ3v) is 3.28. The average Bonchev–Trinajstić information content (AvgIpc) is 2.74. The van der Waals surface area contributed by atoms with Crippen LogP contribution >= 0.6 is 11.6 Å². The summed E-state index contributed by atoms with van der Waals surface area (Å²) in [4.78, 5) is 4.37. The van der Waals surface area contributed by atoms with E-state index in [1.54, 1.807) is 0 Å². The standard InChI is InChI=1S/C13H18ClNO/c1-10-4-5-12(15-9-10)7-11(14)8-13-3-2-6-16-13/h4-5,9,11,13H,2-3,6-8H2,1H3. The molecular weight excluding hydrogens is 222 g/mol. The molecule has 2 heterocycles. The van der Waals surface area contributed by atoms with Gasteiger partial charge in [0, 0.05) is 30.3 Å². The summed E-state index contributed by atoms with van der Waals surface area (Å²) in [5.74, 6) is 0. The molecule has 0 aromatic carbocycles. The molecule has 0 N–H and O–H groups in total. The van der Waals surface area contributed by atoms with E-state index in [4.69, 9.17) is 16.3 Å². The van der Waals surface area contributed by atoms with Crippen molar-refractivity contribution in [1.82, 2.24) is 4.98 Å². The van der Waals surface area contributed by atoms with E-state index >= 15 is 0 Å². The van der Waals surface area contributed by atoms with Crippen LogP contribution in [0, 0.1) is 6.92 Å². The van der Waals surface area contributed by atoms with Crippen molar-refractivity contribution in [3.05, 3.63) is 29.6 Å². The van der Waals surface area contributed by atoms with Gasteiger partial charge in [0.05, 0.1) is 6.10 Å². The normalized spacial score (nSPS) is 22.2. The van der Waals surface area contributed by atoms with Gasteiger partial charge in [-0.25, -0.2) is 0 Å².